The highest BCUT2D eigenvalue weighted by atomic mass is 32.2. The van der Waals surface area contributed by atoms with Gasteiger partial charge in [0.1, 0.15) is 28.6 Å². The number of rotatable bonds is 6. The molecule has 3 aromatic rings. The van der Waals surface area contributed by atoms with Crippen LogP contribution in [-0.4, -0.2) is 60.4 Å². The van der Waals surface area contributed by atoms with Crippen LogP contribution >= 0.6 is 0 Å². The van der Waals surface area contributed by atoms with Gasteiger partial charge < -0.3 is 10.3 Å². The Morgan fingerprint density at radius 2 is 1.46 bits per heavy atom. The Balaban J connectivity index is 0.000000270. The number of likely N-dealkylation sites (N-methyl/N-ethyl adjacent to an activating group) is 1. The van der Waals surface area contributed by atoms with E-state index in [2.05, 4.69) is 47.7 Å². The summed E-state index contributed by atoms with van der Waals surface area (Å²) in [4.78, 5) is 15.5. The fraction of sp³-hybridized carbons (Fsp3) is 0.355. The van der Waals surface area contributed by atoms with Crippen molar-refractivity contribution in [1.82, 2.24) is 4.90 Å². The van der Waals surface area contributed by atoms with Crippen LogP contribution in [0.3, 0.4) is 0 Å². The number of primary amides is 1. The molecule has 2 N–H and O–H groups in total. The maximum atomic E-state index is 13.1. The van der Waals surface area contributed by atoms with Crippen LogP contribution < -0.4 is 5.73 Å². The van der Waals surface area contributed by atoms with Gasteiger partial charge in [0.15, 0.2) is 0 Å². The largest absolute Gasteiger partial charge is 0.744 e. The molecule has 206 valence electrons. The van der Waals surface area contributed by atoms with E-state index in [9.17, 15) is 17.8 Å². The van der Waals surface area contributed by atoms with Gasteiger partial charge in [-0.05, 0) is 55.4 Å². The molecule has 0 radical (unpaired) electrons. The molecule has 1 fully saturated rings. The average molecular weight is 548 g/mol. The fourth-order valence-electron chi connectivity index (χ4n) is 6.11. The van der Waals surface area contributed by atoms with Crippen molar-refractivity contribution in [1.29, 1.82) is 0 Å². The van der Waals surface area contributed by atoms with E-state index in [-0.39, 0.29) is 16.7 Å². The zero-order chi connectivity index (χ0) is 28.2. The predicted octanol–water partition coefficient (Wildman–Crippen LogP) is 3.90. The van der Waals surface area contributed by atoms with Crippen molar-refractivity contribution in [2.45, 2.75) is 49.5 Å². The molecule has 1 heterocycles. The first-order chi connectivity index (χ1) is 18.5. The van der Waals surface area contributed by atoms with Crippen LogP contribution in [0.2, 0.25) is 0 Å². The normalized spacial score (nSPS) is 19.5. The topological polar surface area (TPSA) is 107 Å². The number of hydrogen-bond donors (Lipinski definition) is 1. The van der Waals surface area contributed by atoms with Crippen molar-refractivity contribution in [3.63, 3.8) is 0 Å². The van der Waals surface area contributed by atoms with Crippen molar-refractivity contribution < 1.29 is 22.3 Å². The smallest absolute Gasteiger partial charge is 0.243 e. The summed E-state index contributed by atoms with van der Waals surface area (Å²) in [6, 6.07) is 26.5. The molecule has 0 bridgehead atoms. The Labute approximate surface area is 231 Å². The molecular weight excluding hydrogens is 510 g/mol. The lowest BCUT2D eigenvalue weighted by Crippen LogP contribution is -2.48. The fourth-order valence-corrected chi connectivity index (χ4v) is 6.58. The van der Waals surface area contributed by atoms with E-state index in [1.165, 1.54) is 18.0 Å². The lowest BCUT2D eigenvalue weighted by Gasteiger charge is -2.37. The molecule has 1 aliphatic carbocycles. The number of amides is 1. The molecule has 8 heteroatoms. The van der Waals surface area contributed by atoms with Gasteiger partial charge in [0.25, 0.3) is 0 Å². The molecule has 1 aliphatic heterocycles. The van der Waals surface area contributed by atoms with Crippen molar-refractivity contribution in [3.8, 4) is 0 Å². The number of carbonyl (C=O) groups excluding carboxylic acids is 1. The van der Waals surface area contributed by atoms with Crippen LogP contribution in [0, 0.1) is 12.8 Å². The summed E-state index contributed by atoms with van der Waals surface area (Å²) in [5, 5.41) is 0. The average Bonchev–Trinajstić information content (AvgIpc) is 3.52. The van der Waals surface area contributed by atoms with Crippen LogP contribution in [0.15, 0.2) is 89.8 Å². The van der Waals surface area contributed by atoms with Crippen molar-refractivity contribution in [2.24, 2.45) is 11.7 Å². The minimum atomic E-state index is -4.27. The van der Waals surface area contributed by atoms with E-state index in [1.54, 1.807) is 12.1 Å². The molecule has 39 heavy (non-hydrogen) atoms. The SMILES string of the molecule is CC1=[N+](C)CCN1[C@@H]1CC[C@@H](C(C(N)=O)(c2ccccc2)c2ccccc2)C1.Cc1ccc(S(=O)(=O)[O-])cc1. The standard InChI is InChI=1S/C24H29N3O.C7H8O3S/c1-18-26(2)15-16-27(18)22-14-13-21(17-22)24(23(25)28,19-9-5-3-6-10-19)20-11-7-4-8-12-20;1-6-2-4-7(5-3-6)11(8,9)10/h3-12,21-22H,13-17H2,1-2H3,(H-,25,28);2-5H,1H3,(H,8,9,10)/t21-,22-;/m1./s1. The second kappa shape index (κ2) is 11.7. The highest BCUT2D eigenvalue weighted by Gasteiger charge is 2.52. The van der Waals surface area contributed by atoms with E-state index in [0.717, 1.165) is 49.0 Å². The Morgan fingerprint density at radius 1 is 0.923 bits per heavy atom. The Hall–Kier alpha value is -3.49. The molecule has 0 unspecified atom stereocenters. The zero-order valence-electron chi connectivity index (χ0n) is 22.8. The van der Waals surface area contributed by atoms with Crippen molar-refractivity contribution in [2.75, 3.05) is 20.1 Å². The first-order valence-corrected chi connectivity index (χ1v) is 14.7. The molecule has 0 saturated heterocycles. The molecule has 0 spiro atoms. The Kier molecular flexibility index (Phi) is 8.57. The third-order valence-electron chi connectivity index (χ3n) is 8.26. The monoisotopic (exact) mass is 547 g/mol. The van der Waals surface area contributed by atoms with Crippen molar-refractivity contribution in [3.05, 3.63) is 102 Å². The van der Waals surface area contributed by atoms with E-state index in [1.807, 2.05) is 43.3 Å². The number of benzene rings is 3. The number of carbonyl (C=O) groups is 1. The summed E-state index contributed by atoms with van der Waals surface area (Å²) < 4.78 is 33.5. The number of nitrogens with two attached hydrogens (primary N) is 1. The summed E-state index contributed by atoms with van der Waals surface area (Å²) in [7, 11) is -2.11. The lowest BCUT2D eigenvalue weighted by atomic mass is 9.64. The number of amidine groups is 1. The molecule has 0 aromatic heterocycles. The summed E-state index contributed by atoms with van der Waals surface area (Å²) in [6.07, 6.45) is 3.09. The van der Waals surface area contributed by atoms with E-state index >= 15 is 0 Å². The minimum Gasteiger partial charge on any atom is -0.744 e. The minimum absolute atomic E-state index is 0.178. The van der Waals surface area contributed by atoms with Gasteiger partial charge in [0.05, 0.1) is 18.0 Å². The van der Waals surface area contributed by atoms with Crippen LogP contribution in [-0.2, 0) is 20.3 Å². The summed E-state index contributed by atoms with van der Waals surface area (Å²) >= 11 is 0. The van der Waals surface area contributed by atoms with Gasteiger partial charge in [-0.1, -0.05) is 78.4 Å². The van der Waals surface area contributed by atoms with Gasteiger partial charge in [-0.15, -0.1) is 0 Å². The first-order valence-electron chi connectivity index (χ1n) is 13.3. The molecular formula is C31H37N3O4S. The molecule has 2 atom stereocenters. The number of nitrogens with zero attached hydrogens (tertiary/aromatic N) is 2. The van der Waals surface area contributed by atoms with Gasteiger partial charge in [-0.3, -0.25) is 14.3 Å². The van der Waals surface area contributed by atoms with Crippen LogP contribution in [0.4, 0.5) is 0 Å². The van der Waals surface area contributed by atoms with Crippen molar-refractivity contribution >= 4 is 21.9 Å². The Morgan fingerprint density at radius 3 is 1.90 bits per heavy atom. The summed E-state index contributed by atoms with van der Waals surface area (Å²) in [5.74, 6) is 1.29. The van der Waals surface area contributed by atoms with Gasteiger partial charge in [0.2, 0.25) is 11.7 Å². The molecule has 2 aliphatic rings. The highest BCUT2D eigenvalue weighted by molar-refractivity contribution is 7.85. The van der Waals surface area contributed by atoms with Gasteiger partial charge in [-0.2, -0.15) is 0 Å². The maximum Gasteiger partial charge on any atom is 0.243 e. The van der Waals surface area contributed by atoms with Crippen LogP contribution in [0.5, 0.6) is 0 Å². The molecule has 3 aromatic carbocycles. The predicted molar refractivity (Wildman–Crippen MR) is 152 cm³/mol. The number of aryl methyl sites for hydroxylation is 1. The maximum absolute atomic E-state index is 13.1. The zero-order valence-corrected chi connectivity index (χ0v) is 23.6. The first kappa shape index (κ1) is 28.5. The van der Waals surface area contributed by atoms with E-state index < -0.39 is 15.5 Å². The number of hydrogen-bond acceptors (Lipinski definition) is 5. The van der Waals surface area contributed by atoms with Gasteiger partial charge in [-0.25, -0.2) is 8.42 Å². The third-order valence-corrected chi connectivity index (χ3v) is 9.11. The van der Waals surface area contributed by atoms with Gasteiger partial charge in [0, 0.05) is 6.92 Å². The molecule has 1 amide bonds. The quantitative estimate of drug-likeness (QED) is 0.372. The molecule has 7 nitrogen and oxygen atoms in total. The summed E-state index contributed by atoms with van der Waals surface area (Å²) in [5.41, 5.74) is 8.37. The highest BCUT2D eigenvalue weighted by Crippen LogP contribution is 2.48. The second-order valence-electron chi connectivity index (χ2n) is 10.5. The van der Waals surface area contributed by atoms with Crippen LogP contribution in [0.1, 0.15) is 42.9 Å². The van der Waals surface area contributed by atoms with Crippen LogP contribution in [0.25, 0.3) is 0 Å². The lowest BCUT2D eigenvalue weighted by molar-refractivity contribution is -0.487. The van der Waals surface area contributed by atoms with E-state index in [0.29, 0.717) is 6.04 Å². The Bertz CT molecular complexity index is 1380. The van der Waals surface area contributed by atoms with E-state index in [4.69, 9.17) is 5.73 Å². The van der Waals surface area contributed by atoms with Gasteiger partial charge >= 0.3 is 0 Å². The molecule has 1 saturated carbocycles. The second-order valence-corrected chi connectivity index (χ2v) is 11.9. The third kappa shape index (κ3) is 5.92. The summed E-state index contributed by atoms with van der Waals surface area (Å²) in [6.45, 7) is 6.17. The molecule has 5 rings (SSSR count).